The average Bonchev–Trinajstić information content (AvgIpc) is 2.68. The van der Waals surface area contributed by atoms with Gasteiger partial charge in [-0.1, -0.05) is 28.4 Å². The van der Waals surface area contributed by atoms with Crippen molar-refractivity contribution >= 4 is 34.6 Å². The first-order valence-electron chi connectivity index (χ1n) is 4.40. The highest BCUT2D eigenvalue weighted by Gasteiger charge is 2.08. The van der Waals surface area contributed by atoms with Crippen molar-refractivity contribution in [1.82, 2.24) is 10.1 Å². The van der Waals surface area contributed by atoms with Gasteiger partial charge >= 0.3 is 0 Å². The summed E-state index contributed by atoms with van der Waals surface area (Å²) in [5.74, 6) is 0.518. The Hall–Kier alpha value is -1.46. The molecular weight excluding hydrogens is 251 g/mol. The summed E-state index contributed by atoms with van der Waals surface area (Å²) in [6.45, 7) is 0.375. The van der Waals surface area contributed by atoms with Crippen molar-refractivity contribution in [2.75, 3.05) is 11.1 Å². The molecule has 0 saturated heterocycles. The van der Waals surface area contributed by atoms with E-state index in [9.17, 15) is 0 Å². The van der Waals surface area contributed by atoms with E-state index in [1.807, 2.05) is 0 Å². The van der Waals surface area contributed by atoms with Gasteiger partial charge in [-0.2, -0.15) is 4.98 Å². The Morgan fingerprint density at radius 3 is 2.56 bits per heavy atom. The standard InChI is InChI=1S/C9H8Cl2N4O/c10-6-1-5(12)2-7(11)9(6)13-3-8-14-4-16-15-8/h1-2,4,13H,3,12H2. The largest absolute Gasteiger partial charge is 0.399 e. The number of hydrogen-bond acceptors (Lipinski definition) is 5. The van der Waals surface area contributed by atoms with Gasteiger partial charge in [-0.15, -0.1) is 0 Å². The second-order valence-corrected chi connectivity index (χ2v) is 3.87. The molecule has 2 rings (SSSR count). The molecule has 0 aliphatic heterocycles. The zero-order chi connectivity index (χ0) is 11.5. The maximum Gasteiger partial charge on any atom is 0.213 e. The lowest BCUT2D eigenvalue weighted by Crippen LogP contribution is -2.02. The summed E-state index contributed by atoms with van der Waals surface area (Å²) in [6, 6.07) is 3.23. The zero-order valence-electron chi connectivity index (χ0n) is 8.08. The minimum Gasteiger partial charge on any atom is -0.399 e. The SMILES string of the molecule is Nc1cc(Cl)c(NCc2ncon2)c(Cl)c1. The van der Waals surface area contributed by atoms with Gasteiger partial charge in [0.05, 0.1) is 22.3 Å². The summed E-state index contributed by atoms with van der Waals surface area (Å²) in [6.07, 6.45) is 1.25. The van der Waals surface area contributed by atoms with E-state index < -0.39 is 0 Å². The number of nitrogen functional groups attached to an aromatic ring is 1. The van der Waals surface area contributed by atoms with Gasteiger partial charge in [0.25, 0.3) is 0 Å². The van der Waals surface area contributed by atoms with Crippen LogP contribution < -0.4 is 11.1 Å². The van der Waals surface area contributed by atoms with Crippen LogP contribution in [0.3, 0.4) is 0 Å². The fourth-order valence-corrected chi connectivity index (χ4v) is 1.84. The van der Waals surface area contributed by atoms with Gasteiger partial charge in [0, 0.05) is 5.69 Å². The molecule has 5 nitrogen and oxygen atoms in total. The van der Waals surface area contributed by atoms with Crippen LogP contribution in [0.25, 0.3) is 0 Å². The number of nitrogens with zero attached hydrogens (tertiary/aromatic N) is 2. The number of rotatable bonds is 3. The van der Waals surface area contributed by atoms with Crippen LogP contribution in [0, 0.1) is 0 Å². The van der Waals surface area contributed by atoms with Crippen molar-refractivity contribution in [3.63, 3.8) is 0 Å². The molecule has 0 radical (unpaired) electrons. The third-order valence-electron chi connectivity index (χ3n) is 1.89. The van der Waals surface area contributed by atoms with Gasteiger partial charge in [0.15, 0.2) is 5.82 Å². The molecule has 0 bridgehead atoms. The molecule has 0 spiro atoms. The molecule has 2 aromatic rings. The van der Waals surface area contributed by atoms with E-state index >= 15 is 0 Å². The maximum atomic E-state index is 5.98. The van der Waals surface area contributed by atoms with Gasteiger partial charge in [-0.3, -0.25) is 0 Å². The Balaban J connectivity index is 2.15. The molecule has 0 atom stereocenters. The monoisotopic (exact) mass is 258 g/mol. The molecule has 7 heteroatoms. The number of halogens is 2. The number of benzene rings is 1. The Kier molecular flexibility index (Phi) is 3.17. The summed E-state index contributed by atoms with van der Waals surface area (Å²) in [7, 11) is 0. The van der Waals surface area contributed by atoms with Gasteiger partial charge < -0.3 is 15.6 Å². The molecule has 0 aliphatic carbocycles. The van der Waals surface area contributed by atoms with Crippen LogP contribution in [-0.2, 0) is 6.54 Å². The van der Waals surface area contributed by atoms with Crippen LogP contribution in [0.5, 0.6) is 0 Å². The lowest BCUT2D eigenvalue weighted by atomic mass is 10.3. The third kappa shape index (κ3) is 2.37. The fourth-order valence-electron chi connectivity index (χ4n) is 1.20. The number of anilines is 2. The van der Waals surface area contributed by atoms with E-state index in [2.05, 4.69) is 20.0 Å². The predicted octanol–water partition coefficient (Wildman–Crippen LogP) is 2.57. The molecule has 0 amide bonds. The van der Waals surface area contributed by atoms with Crippen LogP contribution in [0.15, 0.2) is 23.0 Å². The van der Waals surface area contributed by atoms with Crippen molar-refractivity contribution in [3.05, 3.63) is 34.4 Å². The normalized spacial score (nSPS) is 10.4. The van der Waals surface area contributed by atoms with Crippen LogP contribution in [0.4, 0.5) is 11.4 Å². The smallest absolute Gasteiger partial charge is 0.213 e. The first kappa shape index (κ1) is 11.0. The summed E-state index contributed by atoms with van der Waals surface area (Å²) in [5.41, 5.74) is 6.70. The fraction of sp³-hybridized carbons (Fsp3) is 0.111. The van der Waals surface area contributed by atoms with Gasteiger partial charge in [-0.25, -0.2) is 0 Å². The van der Waals surface area contributed by atoms with E-state index in [1.165, 1.54) is 6.39 Å². The highest BCUT2D eigenvalue weighted by atomic mass is 35.5. The second-order valence-electron chi connectivity index (χ2n) is 3.06. The third-order valence-corrected chi connectivity index (χ3v) is 2.49. The van der Waals surface area contributed by atoms with Crippen molar-refractivity contribution in [2.24, 2.45) is 0 Å². The minimum atomic E-state index is 0.375. The van der Waals surface area contributed by atoms with Crippen LogP contribution in [0.2, 0.25) is 10.0 Å². The van der Waals surface area contributed by atoms with Crippen molar-refractivity contribution in [3.8, 4) is 0 Å². The van der Waals surface area contributed by atoms with Crippen LogP contribution >= 0.6 is 23.2 Å². The molecule has 0 fully saturated rings. The summed E-state index contributed by atoms with van der Waals surface area (Å²) in [4.78, 5) is 3.86. The van der Waals surface area contributed by atoms with E-state index in [1.54, 1.807) is 12.1 Å². The first-order chi connectivity index (χ1) is 7.66. The molecule has 0 aliphatic rings. The summed E-state index contributed by atoms with van der Waals surface area (Å²) in [5, 5.41) is 7.56. The topological polar surface area (TPSA) is 77.0 Å². The maximum absolute atomic E-state index is 5.98. The van der Waals surface area contributed by atoms with E-state index in [4.69, 9.17) is 28.9 Å². The lowest BCUT2D eigenvalue weighted by Gasteiger charge is -2.09. The summed E-state index contributed by atoms with van der Waals surface area (Å²) >= 11 is 12.0. The molecule has 0 saturated carbocycles. The van der Waals surface area contributed by atoms with Crippen LogP contribution in [-0.4, -0.2) is 10.1 Å². The average molecular weight is 259 g/mol. The zero-order valence-corrected chi connectivity index (χ0v) is 9.59. The quantitative estimate of drug-likeness (QED) is 0.828. The van der Waals surface area contributed by atoms with Gasteiger partial charge in [0.2, 0.25) is 6.39 Å². The molecule has 1 heterocycles. The Morgan fingerprint density at radius 1 is 1.31 bits per heavy atom. The molecule has 0 unspecified atom stereocenters. The van der Waals surface area contributed by atoms with Gasteiger partial charge in [-0.05, 0) is 12.1 Å². The molecule has 16 heavy (non-hydrogen) atoms. The second kappa shape index (κ2) is 4.59. The number of nitrogens with two attached hydrogens (primary N) is 1. The highest BCUT2D eigenvalue weighted by molar-refractivity contribution is 6.39. The van der Waals surface area contributed by atoms with E-state index in [0.29, 0.717) is 33.8 Å². The highest BCUT2D eigenvalue weighted by Crippen LogP contribution is 2.32. The Bertz CT molecular complexity index is 463. The molecular formula is C9H8Cl2N4O. The first-order valence-corrected chi connectivity index (χ1v) is 5.16. The Morgan fingerprint density at radius 2 is 2.00 bits per heavy atom. The summed E-state index contributed by atoms with van der Waals surface area (Å²) < 4.78 is 4.60. The number of aromatic nitrogens is 2. The van der Waals surface area contributed by atoms with Crippen molar-refractivity contribution in [2.45, 2.75) is 6.54 Å². The van der Waals surface area contributed by atoms with E-state index in [0.717, 1.165) is 0 Å². The predicted molar refractivity (Wildman–Crippen MR) is 62.5 cm³/mol. The minimum absolute atomic E-state index is 0.375. The molecule has 84 valence electrons. The molecule has 1 aromatic heterocycles. The molecule has 1 aromatic carbocycles. The lowest BCUT2D eigenvalue weighted by molar-refractivity contribution is 0.411. The Labute approximate surface area is 102 Å². The van der Waals surface area contributed by atoms with Crippen molar-refractivity contribution in [1.29, 1.82) is 0 Å². The van der Waals surface area contributed by atoms with Crippen molar-refractivity contribution < 1.29 is 4.52 Å². The molecule has 3 N–H and O–H groups in total. The van der Waals surface area contributed by atoms with Crippen LogP contribution in [0.1, 0.15) is 5.82 Å². The number of nitrogens with one attached hydrogen (secondary N) is 1. The van der Waals surface area contributed by atoms with E-state index in [-0.39, 0.29) is 0 Å². The number of hydrogen-bond donors (Lipinski definition) is 2. The van der Waals surface area contributed by atoms with Gasteiger partial charge in [0.1, 0.15) is 0 Å².